The summed E-state index contributed by atoms with van der Waals surface area (Å²) >= 11 is 2.73. The highest BCUT2D eigenvalue weighted by Gasteiger charge is 2.28. The number of ether oxygens (including phenoxy) is 1. The van der Waals surface area contributed by atoms with Gasteiger partial charge in [-0.3, -0.25) is 4.79 Å². The predicted octanol–water partition coefficient (Wildman–Crippen LogP) is 3.49. The van der Waals surface area contributed by atoms with Crippen molar-refractivity contribution in [3.05, 3.63) is 33.8 Å². The summed E-state index contributed by atoms with van der Waals surface area (Å²) in [6, 6.07) is 1.86. The first-order valence-electron chi connectivity index (χ1n) is 4.53. The van der Waals surface area contributed by atoms with Crippen LogP contribution >= 0.6 is 15.9 Å². The van der Waals surface area contributed by atoms with E-state index in [1.807, 2.05) is 0 Å². The van der Waals surface area contributed by atoms with E-state index in [1.54, 1.807) is 0 Å². The molecule has 0 aliphatic carbocycles. The zero-order valence-corrected chi connectivity index (χ0v) is 10.2. The summed E-state index contributed by atoms with van der Waals surface area (Å²) in [4.78, 5) is 11.3. The quantitative estimate of drug-likeness (QED) is 0.479. The first kappa shape index (κ1) is 15.0. The highest BCUT2D eigenvalue weighted by molar-refractivity contribution is 9.10. The second-order valence-electron chi connectivity index (χ2n) is 3.25. The van der Waals surface area contributed by atoms with Crippen molar-refractivity contribution in [2.45, 2.75) is 6.18 Å². The molecule has 0 amide bonds. The van der Waals surface area contributed by atoms with Gasteiger partial charge >= 0.3 is 6.18 Å². The van der Waals surface area contributed by atoms with Gasteiger partial charge < -0.3 is 4.74 Å². The van der Waals surface area contributed by atoms with Gasteiger partial charge in [0, 0.05) is 0 Å². The zero-order valence-electron chi connectivity index (χ0n) is 8.65. The summed E-state index contributed by atoms with van der Waals surface area (Å²) in [6.07, 6.45) is -4.60. The molecule has 0 aliphatic rings. The van der Waals surface area contributed by atoms with Crippen LogP contribution in [-0.4, -0.2) is 25.2 Å². The molecule has 8 heteroatoms. The van der Waals surface area contributed by atoms with Crippen LogP contribution in [0.2, 0.25) is 0 Å². The molecule has 0 radical (unpaired) electrons. The summed E-state index contributed by atoms with van der Waals surface area (Å²) in [7, 11) is 0. The Labute approximate surface area is 107 Å². The molecule has 0 spiro atoms. The summed E-state index contributed by atoms with van der Waals surface area (Å²) in [5.74, 6) is -3.53. The number of hydrogen-bond donors (Lipinski definition) is 0. The minimum absolute atomic E-state index is 0.164. The van der Waals surface area contributed by atoms with Crippen LogP contribution in [-0.2, 0) is 4.74 Å². The van der Waals surface area contributed by atoms with Crippen molar-refractivity contribution < 1.29 is 31.5 Å². The number of rotatable bonds is 4. The smallest absolute Gasteiger partial charge is 0.364 e. The van der Waals surface area contributed by atoms with E-state index >= 15 is 0 Å². The molecule has 0 N–H and O–H groups in total. The van der Waals surface area contributed by atoms with Gasteiger partial charge in [0.25, 0.3) is 0 Å². The number of Topliss-reactive ketones (excluding diaryl/α,β-unsaturated/α-hetero) is 1. The minimum atomic E-state index is -4.60. The van der Waals surface area contributed by atoms with E-state index in [4.69, 9.17) is 0 Å². The molecular weight excluding hydrogens is 327 g/mol. The molecular formula is C10H6BrF5O2. The number of alkyl halides is 3. The summed E-state index contributed by atoms with van der Waals surface area (Å²) in [5, 5.41) is 0. The number of carbonyl (C=O) groups is 1. The molecule has 1 aromatic rings. The Kier molecular flexibility index (Phi) is 4.80. The molecule has 0 fully saturated rings. The third-order valence-corrected chi connectivity index (χ3v) is 2.43. The van der Waals surface area contributed by atoms with Gasteiger partial charge in [0.2, 0.25) is 0 Å². The van der Waals surface area contributed by atoms with Gasteiger partial charge in [-0.25, -0.2) is 8.78 Å². The molecule has 1 aromatic carbocycles. The number of ketones is 1. The largest absolute Gasteiger partial charge is 0.411 e. The van der Waals surface area contributed by atoms with Crippen molar-refractivity contribution in [1.82, 2.24) is 0 Å². The van der Waals surface area contributed by atoms with Crippen molar-refractivity contribution >= 4 is 21.7 Å². The molecule has 0 saturated heterocycles. The SMILES string of the molecule is O=C(COCC(F)(F)F)c1c(F)ccc(Br)c1F. The maximum Gasteiger partial charge on any atom is 0.411 e. The van der Waals surface area contributed by atoms with Crippen LogP contribution in [0.15, 0.2) is 16.6 Å². The summed E-state index contributed by atoms with van der Waals surface area (Å²) < 4.78 is 65.7. The highest BCUT2D eigenvalue weighted by atomic mass is 79.9. The molecule has 0 bridgehead atoms. The first-order chi connectivity index (χ1) is 8.22. The summed E-state index contributed by atoms with van der Waals surface area (Å²) in [5.41, 5.74) is -0.924. The van der Waals surface area contributed by atoms with Crippen molar-refractivity contribution in [2.75, 3.05) is 13.2 Å². The van der Waals surface area contributed by atoms with Crippen LogP contribution in [0.1, 0.15) is 10.4 Å². The molecule has 0 atom stereocenters. The maximum absolute atomic E-state index is 13.4. The number of halogens is 6. The number of benzene rings is 1. The standard InChI is InChI=1S/C10H6BrF5O2/c11-5-1-2-6(12)8(9(5)13)7(17)3-18-4-10(14,15)16/h1-2H,3-4H2. The Morgan fingerprint density at radius 2 is 1.89 bits per heavy atom. The molecule has 0 aromatic heterocycles. The van der Waals surface area contributed by atoms with E-state index in [-0.39, 0.29) is 4.47 Å². The lowest BCUT2D eigenvalue weighted by Gasteiger charge is -2.08. The fourth-order valence-corrected chi connectivity index (χ4v) is 1.44. The molecule has 0 heterocycles. The molecule has 18 heavy (non-hydrogen) atoms. The minimum Gasteiger partial charge on any atom is -0.364 e. The average molecular weight is 333 g/mol. The van der Waals surface area contributed by atoms with E-state index in [9.17, 15) is 26.7 Å². The molecule has 2 nitrogen and oxygen atoms in total. The van der Waals surface area contributed by atoms with E-state index in [1.165, 1.54) is 0 Å². The van der Waals surface area contributed by atoms with Crippen molar-refractivity contribution in [3.8, 4) is 0 Å². The van der Waals surface area contributed by atoms with E-state index in [0.717, 1.165) is 12.1 Å². The molecule has 0 saturated carbocycles. The Balaban J connectivity index is 2.76. The first-order valence-corrected chi connectivity index (χ1v) is 5.33. The lowest BCUT2D eigenvalue weighted by molar-refractivity contribution is -0.170. The lowest BCUT2D eigenvalue weighted by Crippen LogP contribution is -2.21. The van der Waals surface area contributed by atoms with E-state index < -0.39 is 42.4 Å². The molecule has 100 valence electrons. The second-order valence-corrected chi connectivity index (χ2v) is 4.10. The summed E-state index contributed by atoms with van der Waals surface area (Å²) in [6.45, 7) is -2.71. The number of carbonyl (C=O) groups excluding carboxylic acids is 1. The van der Waals surface area contributed by atoms with Crippen LogP contribution in [0.5, 0.6) is 0 Å². The van der Waals surface area contributed by atoms with Crippen LogP contribution in [0.4, 0.5) is 22.0 Å². The Morgan fingerprint density at radius 3 is 2.44 bits per heavy atom. The Bertz CT molecular complexity index is 458. The van der Waals surface area contributed by atoms with Crippen LogP contribution in [0, 0.1) is 11.6 Å². The van der Waals surface area contributed by atoms with Gasteiger partial charge in [-0.15, -0.1) is 0 Å². The maximum atomic E-state index is 13.4. The Hall–Kier alpha value is -1.02. The highest BCUT2D eigenvalue weighted by Crippen LogP contribution is 2.22. The fourth-order valence-electron chi connectivity index (χ4n) is 1.11. The topological polar surface area (TPSA) is 26.3 Å². The average Bonchev–Trinajstić information content (AvgIpc) is 2.22. The van der Waals surface area contributed by atoms with Crippen molar-refractivity contribution in [1.29, 1.82) is 0 Å². The zero-order chi connectivity index (χ0) is 13.9. The van der Waals surface area contributed by atoms with Gasteiger partial charge in [-0.1, -0.05) is 0 Å². The predicted molar refractivity (Wildman–Crippen MR) is 55.3 cm³/mol. The monoisotopic (exact) mass is 332 g/mol. The van der Waals surface area contributed by atoms with Crippen LogP contribution in [0.3, 0.4) is 0 Å². The Morgan fingerprint density at radius 1 is 1.28 bits per heavy atom. The molecule has 1 rings (SSSR count). The molecule has 0 unspecified atom stereocenters. The van der Waals surface area contributed by atoms with Gasteiger partial charge in [0.15, 0.2) is 11.6 Å². The molecule has 0 aliphatic heterocycles. The van der Waals surface area contributed by atoms with Crippen LogP contribution < -0.4 is 0 Å². The van der Waals surface area contributed by atoms with Gasteiger partial charge in [-0.2, -0.15) is 13.2 Å². The van der Waals surface area contributed by atoms with Crippen molar-refractivity contribution in [2.24, 2.45) is 0 Å². The van der Waals surface area contributed by atoms with Crippen molar-refractivity contribution in [3.63, 3.8) is 0 Å². The number of hydrogen-bond acceptors (Lipinski definition) is 2. The van der Waals surface area contributed by atoms with Gasteiger partial charge in [-0.05, 0) is 28.1 Å². The second kappa shape index (κ2) is 5.75. The lowest BCUT2D eigenvalue weighted by atomic mass is 10.1. The normalized spacial score (nSPS) is 11.7. The van der Waals surface area contributed by atoms with E-state index in [0.29, 0.717) is 0 Å². The van der Waals surface area contributed by atoms with Gasteiger partial charge in [0.1, 0.15) is 19.0 Å². The van der Waals surface area contributed by atoms with Crippen LogP contribution in [0.25, 0.3) is 0 Å². The van der Waals surface area contributed by atoms with E-state index in [2.05, 4.69) is 20.7 Å². The fraction of sp³-hybridized carbons (Fsp3) is 0.300. The van der Waals surface area contributed by atoms with Gasteiger partial charge in [0.05, 0.1) is 10.0 Å². The third-order valence-electron chi connectivity index (χ3n) is 1.82. The third kappa shape index (κ3) is 4.02.